The van der Waals surface area contributed by atoms with Crippen molar-refractivity contribution in [3.63, 3.8) is 0 Å². The zero-order chi connectivity index (χ0) is 20.9. The molecule has 4 rings (SSSR count). The molecule has 0 bridgehead atoms. The van der Waals surface area contributed by atoms with Gasteiger partial charge in [-0.3, -0.25) is 0 Å². The van der Waals surface area contributed by atoms with Crippen LogP contribution in [0.1, 0.15) is 31.1 Å². The molecule has 0 amide bonds. The monoisotopic (exact) mass is 402 g/mol. The maximum absolute atomic E-state index is 11.3. The third-order valence-electron chi connectivity index (χ3n) is 6.07. The molecular weight excluding hydrogens is 376 g/mol. The Hall–Kier alpha value is -2.80. The highest BCUT2D eigenvalue weighted by Crippen LogP contribution is 2.57. The Kier molecular flexibility index (Phi) is 4.86. The van der Waals surface area contributed by atoms with Crippen molar-refractivity contribution in [3.8, 4) is 45.6 Å². The topological polar surface area (TPSA) is 86.6 Å². The summed E-state index contributed by atoms with van der Waals surface area (Å²) in [6.07, 6.45) is -0.112. The van der Waals surface area contributed by atoms with E-state index in [1.807, 2.05) is 13.0 Å². The van der Waals surface area contributed by atoms with Gasteiger partial charge in [0.15, 0.2) is 23.0 Å². The van der Waals surface area contributed by atoms with Crippen LogP contribution in [-0.4, -0.2) is 38.3 Å². The van der Waals surface area contributed by atoms with E-state index in [4.69, 9.17) is 23.7 Å². The Morgan fingerprint density at radius 3 is 2.28 bits per heavy atom. The number of phenols is 1. The Morgan fingerprint density at radius 2 is 1.62 bits per heavy atom. The Bertz CT molecular complexity index is 953. The predicted molar refractivity (Wildman–Crippen MR) is 106 cm³/mol. The third-order valence-corrected chi connectivity index (χ3v) is 6.07. The minimum atomic E-state index is -0.749. The second-order valence-electron chi connectivity index (χ2n) is 7.59. The van der Waals surface area contributed by atoms with Gasteiger partial charge in [-0.05, 0) is 41.5 Å². The van der Waals surface area contributed by atoms with E-state index < -0.39 is 6.10 Å². The quantitative estimate of drug-likeness (QED) is 0.810. The Morgan fingerprint density at radius 1 is 0.931 bits per heavy atom. The lowest BCUT2D eigenvalue weighted by Gasteiger charge is -2.33. The maximum atomic E-state index is 11.3. The summed E-state index contributed by atoms with van der Waals surface area (Å²) in [7, 11) is 4.56. The van der Waals surface area contributed by atoms with E-state index in [-0.39, 0.29) is 30.1 Å². The molecule has 0 saturated carbocycles. The molecule has 1 heterocycles. The number of phenolic OH excluding ortho intramolecular Hbond substituents is 1. The molecule has 2 aromatic carbocycles. The number of methoxy groups -OCH3 is 3. The number of ether oxygens (including phenoxy) is 5. The Labute approximate surface area is 169 Å². The van der Waals surface area contributed by atoms with Crippen molar-refractivity contribution >= 4 is 0 Å². The van der Waals surface area contributed by atoms with Crippen molar-refractivity contribution in [2.45, 2.75) is 26.4 Å². The summed E-state index contributed by atoms with van der Waals surface area (Å²) in [5.41, 5.74) is 2.92. The first-order valence-corrected chi connectivity index (χ1v) is 9.58. The van der Waals surface area contributed by atoms with Crippen LogP contribution in [-0.2, 0) is 6.42 Å². The SMILES string of the molecule is COc1c(O)cc2c(c1OC)-c1c(cc3c(c1OC)OCO3)[C@@H](O)[C@H](C)[C@H](C)C2. The fourth-order valence-corrected chi connectivity index (χ4v) is 4.35. The van der Waals surface area contributed by atoms with E-state index in [1.165, 1.54) is 14.2 Å². The van der Waals surface area contributed by atoms with Gasteiger partial charge in [0.05, 0.1) is 27.4 Å². The number of aliphatic hydroxyl groups excluding tert-OH is 1. The van der Waals surface area contributed by atoms with Crippen LogP contribution < -0.4 is 23.7 Å². The minimum Gasteiger partial charge on any atom is -0.504 e. The number of rotatable bonds is 3. The second kappa shape index (κ2) is 7.22. The lowest BCUT2D eigenvalue weighted by molar-refractivity contribution is 0.0864. The van der Waals surface area contributed by atoms with Gasteiger partial charge in [-0.25, -0.2) is 0 Å². The highest BCUT2D eigenvalue weighted by molar-refractivity contribution is 5.88. The molecule has 2 aliphatic rings. The third kappa shape index (κ3) is 2.83. The molecule has 3 atom stereocenters. The van der Waals surface area contributed by atoms with Gasteiger partial charge in [-0.15, -0.1) is 0 Å². The second-order valence-corrected chi connectivity index (χ2v) is 7.59. The molecule has 1 aliphatic carbocycles. The van der Waals surface area contributed by atoms with E-state index in [1.54, 1.807) is 13.2 Å². The standard InChI is InChI=1S/C22H26O7/c1-10-6-12-7-14(23)19(25-3)21(26-4)16(12)17-13(18(24)11(10)2)8-15-20(22(17)27-5)29-9-28-15/h7-8,10-11,18,23-24H,6,9H2,1-5H3/t10-,11-,18+/m1/s1. The minimum absolute atomic E-state index is 0.00494. The summed E-state index contributed by atoms with van der Waals surface area (Å²) in [6.45, 7) is 4.18. The van der Waals surface area contributed by atoms with Crippen LogP contribution >= 0.6 is 0 Å². The summed E-state index contributed by atoms with van der Waals surface area (Å²) in [6, 6.07) is 3.51. The lowest BCUT2D eigenvalue weighted by atomic mass is 9.76. The molecule has 0 aromatic heterocycles. The highest BCUT2D eigenvalue weighted by atomic mass is 16.7. The summed E-state index contributed by atoms with van der Waals surface area (Å²) in [5, 5.41) is 21.8. The lowest BCUT2D eigenvalue weighted by Crippen LogP contribution is -2.22. The van der Waals surface area contributed by atoms with E-state index in [0.29, 0.717) is 46.1 Å². The molecule has 2 aromatic rings. The molecule has 0 spiro atoms. The van der Waals surface area contributed by atoms with Crippen LogP contribution in [0.3, 0.4) is 0 Å². The van der Waals surface area contributed by atoms with Gasteiger partial charge in [-0.1, -0.05) is 13.8 Å². The normalized spacial score (nSPS) is 22.2. The largest absolute Gasteiger partial charge is 0.504 e. The Balaban J connectivity index is 2.16. The van der Waals surface area contributed by atoms with Gasteiger partial charge < -0.3 is 33.9 Å². The van der Waals surface area contributed by atoms with Crippen LogP contribution in [0.15, 0.2) is 12.1 Å². The molecule has 1 aliphatic heterocycles. The number of aromatic hydroxyl groups is 1. The van der Waals surface area contributed by atoms with Gasteiger partial charge in [0, 0.05) is 11.1 Å². The van der Waals surface area contributed by atoms with E-state index in [2.05, 4.69) is 6.92 Å². The van der Waals surface area contributed by atoms with Crippen LogP contribution in [0, 0.1) is 11.8 Å². The van der Waals surface area contributed by atoms with Crippen molar-refractivity contribution in [2.24, 2.45) is 11.8 Å². The van der Waals surface area contributed by atoms with E-state index >= 15 is 0 Å². The van der Waals surface area contributed by atoms with Crippen molar-refractivity contribution in [2.75, 3.05) is 28.1 Å². The van der Waals surface area contributed by atoms with Crippen molar-refractivity contribution in [1.82, 2.24) is 0 Å². The fourth-order valence-electron chi connectivity index (χ4n) is 4.35. The van der Waals surface area contributed by atoms with Gasteiger partial charge in [0.1, 0.15) is 0 Å². The molecule has 29 heavy (non-hydrogen) atoms. The summed E-state index contributed by atoms with van der Waals surface area (Å²) in [5.74, 6) is 2.20. The van der Waals surface area contributed by atoms with Gasteiger partial charge in [0.2, 0.25) is 18.3 Å². The first kappa shape index (κ1) is 19.5. The molecule has 0 fully saturated rings. The number of aliphatic hydroxyl groups is 1. The molecule has 156 valence electrons. The molecule has 2 N–H and O–H groups in total. The van der Waals surface area contributed by atoms with Gasteiger partial charge in [0.25, 0.3) is 0 Å². The number of benzene rings is 2. The molecule has 7 nitrogen and oxygen atoms in total. The summed E-state index contributed by atoms with van der Waals surface area (Å²) >= 11 is 0. The fraction of sp³-hybridized carbons (Fsp3) is 0.455. The number of hydrogen-bond acceptors (Lipinski definition) is 7. The van der Waals surface area contributed by atoms with Crippen LogP contribution in [0.5, 0.6) is 34.5 Å². The summed E-state index contributed by atoms with van der Waals surface area (Å²) in [4.78, 5) is 0. The first-order chi connectivity index (χ1) is 13.9. The predicted octanol–water partition coefficient (Wildman–Crippen LogP) is 3.68. The zero-order valence-corrected chi connectivity index (χ0v) is 17.2. The molecule has 0 radical (unpaired) electrons. The number of fused-ring (bicyclic) bond motifs is 4. The molecule has 7 heteroatoms. The maximum Gasteiger partial charge on any atom is 0.231 e. The van der Waals surface area contributed by atoms with E-state index in [9.17, 15) is 10.2 Å². The van der Waals surface area contributed by atoms with Crippen LogP contribution in [0.2, 0.25) is 0 Å². The van der Waals surface area contributed by atoms with Gasteiger partial charge in [-0.2, -0.15) is 0 Å². The zero-order valence-electron chi connectivity index (χ0n) is 17.2. The highest BCUT2D eigenvalue weighted by Gasteiger charge is 2.37. The smallest absolute Gasteiger partial charge is 0.231 e. The number of hydrogen-bond donors (Lipinski definition) is 2. The molecular formula is C22H26O7. The van der Waals surface area contributed by atoms with Crippen LogP contribution in [0.25, 0.3) is 11.1 Å². The van der Waals surface area contributed by atoms with Crippen molar-refractivity contribution < 1.29 is 33.9 Å². The van der Waals surface area contributed by atoms with Crippen molar-refractivity contribution in [1.29, 1.82) is 0 Å². The molecule has 0 saturated heterocycles. The van der Waals surface area contributed by atoms with Crippen molar-refractivity contribution in [3.05, 3.63) is 23.3 Å². The van der Waals surface area contributed by atoms with Gasteiger partial charge >= 0.3 is 0 Å². The average Bonchev–Trinajstić information content (AvgIpc) is 3.18. The van der Waals surface area contributed by atoms with Crippen LogP contribution in [0.4, 0.5) is 0 Å². The molecule has 0 unspecified atom stereocenters. The van der Waals surface area contributed by atoms with E-state index in [0.717, 1.165) is 5.56 Å². The average molecular weight is 402 g/mol. The summed E-state index contributed by atoms with van der Waals surface area (Å²) < 4.78 is 28.1. The first-order valence-electron chi connectivity index (χ1n) is 9.58.